The van der Waals surface area contributed by atoms with E-state index in [1.54, 1.807) is 12.3 Å². The van der Waals surface area contributed by atoms with Crippen LogP contribution in [0.3, 0.4) is 0 Å². The number of likely N-dealkylation sites (N-methyl/N-ethyl adjacent to an activating group) is 1. The quantitative estimate of drug-likeness (QED) is 0.435. The minimum atomic E-state index is -0.101. The number of nitrogens with zero attached hydrogens (tertiary/aromatic N) is 1. The standard InChI is InChI=1S/C27H31ClN2O3/c1-19(2)25-6-4-5-7-27(25)33-24-10-11-26(21(14-24)18-32)20(12-13-31)16-30(3)17-23-9-8-22(28)15-29-23/h4-11,13-15,18-20,23,29H,12,16-17H2,1-3H3. The van der Waals surface area contributed by atoms with Gasteiger partial charge < -0.3 is 19.7 Å². The zero-order valence-corrected chi connectivity index (χ0v) is 20.1. The van der Waals surface area contributed by atoms with Crippen molar-refractivity contribution in [2.24, 2.45) is 0 Å². The van der Waals surface area contributed by atoms with E-state index in [1.165, 1.54) is 0 Å². The van der Waals surface area contributed by atoms with Gasteiger partial charge in [0.15, 0.2) is 0 Å². The number of hydrogen-bond donors (Lipinski definition) is 1. The molecule has 2 aromatic carbocycles. The molecule has 2 aromatic rings. The molecule has 0 aliphatic carbocycles. The Labute approximate surface area is 201 Å². The summed E-state index contributed by atoms with van der Waals surface area (Å²) in [4.78, 5) is 25.5. The summed E-state index contributed by atoms with van der Waals surface area (Å²) in [6.07, 6.45) is 7.76. The molecule has 0 fully saturated rings. The molecule has 1 aliphatic rings. The van der Waals surface area contributed by atoms with E-state index in [0.29, 0.717) is 35.2 Å². The lowest BCUT2D eigenvalue weighted by Crippen LogP contribution is -2.38. The zero-order valence-electron chi connectivity index (χ0n) is 19.3. The number of hydrogen-bond acceptors (Lipinski definition) is 5. The molecule has 2 unspecified atom stereocenters. The van der Waals surface area contributed by atoms with Crippen molar-refractivity contribution in [1.82, 2.24) is 10.2 Å². The first-order valence-corrected chi connectivity index (χ1v) is 11.6. The van der Waals surface area contributed by atoms with Crippen molar-refractivity contribution in [3.8, 4) is 11.5 Å². The summed E-state index contributed by atoms with van der Waals surface area (Å²) < 4.78 is 6.13. The Kier molecular flexibility index (Phi) is 8.87. The van der Waals surface area contributed by atoms with Gasteiger partial charge in [0.05, 0.1) is 11.1 Å². The van der Waals surface area contributed by atoms with Crippen LogP contribution in [-0.4, -0.2) is 43.7 Å². The first-order chi connectivity index (χ1) is 15.9. The van der Waals surface area contributed by atoms with Crippen LogP contribution >= 0.6 is 11.6 Å². The molecule has 6 heteroatoms. The highest BCUT2D eigenvalue weighted by molar-refractivity contribution is 6.31. The van der Waals surface area contributed by atoms with E-state index >= 15 is 0 Å². The molecular weight excluding hydrogens is 436 g/mol. The monoisotopic (exact) mass is 466 g/mol. The van der Waals surface area contributed by atoms with Crippen molar-refractivity contribution in [2.45, 2.75) is 38.1 Å². The number of ether oxygens (including phenoxy) is 1. The van der Waals surface area contributed by atoms with Gasteiger partial charge in [-0.15, -0.1) is 0 Å². The van der Waals surface area contributed by atoms with Crippen LogP contribution in [0.2, 0.25) is 0 Å². The van der Waals surface area contributed by atoms with E-state index in [2.05, 4.69) is 24.1 Å². The number of para-hydroxylation sites is 1. The third-order valence-electron chi connectivity index (χ3n) is 5.74. The summed E-state index contributed by atoms with van der Waals surface area (Å²) in [5, 5.41) is 3.91. The summed E-state index contributed by atoms with van der Waals surface area (Å²) in [7, 11) is 2.01. The predicted octanol–water partition coefficient (Wildman–Crippen LogP) is 5.63. The lowest BCUT2D eigenvalue weighted by molar-refractivity contribution is -0.108. The van der Waals surface area contributed by atoms with Crippen LogP contribution in [0.1, 0.15) is 53.6 Å². The highest BCUT2D eigenvalue weighted by Gasteiger charge is 2.20. The maximum atomic E-state index is 12.0. The maximum Gasteiger partial charge on any atom is 0.150 e. The molecule has 2 atom stereocenters. The Hall–Kier alpha value is -2.89. The summed E-state index contributed by atoms with van der Waals surface area (Å²) in [5.74, 6) is 1.60. The fourth-order valence-corrected chi connectivity index (χ4v) is 4.22. The largest absolute Gasteiger partial charge is 0.457 e. The number of carbonyl (C=O) groups is 2. The maximum absolute atomic E-state index is 12.0. The molecule has 0 saturated heterocycles. The van der Waals surface area contributed by atoms with Crippen LogP contribution in [0, 0.1) is 0 Å². The Balaban J connectivity index is 1.76. The van der Waals surface area contributed by atoms with Gasteiger partial charge in [-0.2, -0.15) is 0 Å². The summed E-state index contributed by atoms with van der Waals surface area (Å²) in [6.45, 7) is 5.62. The summed E-state index contributed by atoms with van der Waals surface area (Å²) in [6, 6.07) is 13.6. The zero-order chi connectivity index (χ0) is 23.8. The van der Waals surface area contributed by atoms with Crippen molar-refractivity contribution in [3.63, 3.8) is 0 Å². The van der Waals surface area contributed by atoms with Gasteiger partial charge >= 0.3 is 0 Å². The van der Waals surface area contributed by atoms with Crippen LogP contribution < -0.4 is 10.1 Å². The molecule has 0 bridgehead atoms. The fraction of sp³-hybridized carbons (Fsp3) is 0.333. The molecule has 33 heavy (non-hydrogen) atoms. The molecule has 0 saturated carbocycles. The third-order valence-corrected chi connectivity index (χ3v) is 5.97. The molecule has 5 nitrogen and oxygen atoms in total. The molecule has 0 amide bonds. The van der Waals surface area contributed by atoms with E-state index in [0.717, 1.165) is 36.0 Å². The lowest BCUT2D eigenvalue weighted by atomic mass is 9.91. The van der Waals surface area contributed by atoms with Crippen molar-refractivity contribution in [2.75, 3.05) is 20.1 Å². The summed E-state index contributed by atoms with van der Waals surface area (Å²) >= 11 is 5.96. The van der Waals surface area contributed by atoms with Gasteiger partial charge in [-0.3, -0.25) is 4.79 Å². The molecular formula is C27H31ClN2O3. The first-order valence-electron chi connectivity index (χ1n) is 11.2. The minimum absolute atomic E-state index is 0.101. The van der Waals surface area contributed by atoms with E-state index in [4.69, 9.17) is 16.3 Å². The van der Waals surface area contributed by atoms with Crippen molar-refractivity contribution >= 4 is 24.2 Å². The number of allylic oxidation sites excluding steroid dienone is 2. The Bertz CT molecular complexity index is 1030. The van der Waals surface area contributed by atoms with Gasteiger partial charge in [0.2, 0.25) is 0 Å². The van der Waals surface area contributed by atoms with E-state index in [9.17, 15) is 9.59 Å². The molecule has 3 rings (SSSR count). The average molecular weight is 467 g/mol. The second-order valence-electron chi connectivity index (χ2n) is 8.69. The molecule has 174 valence electrons. The summed E-state index contributed by atoms with van der Waals surface area (Å²) in [5.41, 5.74) is 2.50. The SMILES string of the molecule is CC(C)c1ccccc1Oc1ccc(C(CC=O)CN(C)CC2C=CC(Cl)=CN2)c(C=O)c1. The normalized spacial score (nSPS) is 16.3. The second kappa shape index (κ2) is 11.8. The van der Waals surface area contributed by atoms with Gasteiger partial charge in [-0.05, 0) is 48.4 Å². The van der Waals surface area contributed by atoms with Gasteiger partial charge in [0.1, 0.15) is 24.1 Å². The number of dihydropyridines is 1. The van der Waals surface area contributed by atoms with Crippen molar-refractivity contribution < 1.29 is 14.3 Å². The third kappa shape index (κ3) is 6.80. The molecule has 0 spiro atoms. The first kappa shape index (κ1) is 24.7. The molecule has 1 heterocycles. The number of nitrogens with one attached hydrogen (secondary N) is 1. The molecule has 0 aromatic heterocycles. The number of rotatable bonds is 11. The van der Waals surface area contributed by atoms with Crippen LogP contribution in [0.25, 0.3) is 0 Å². The average Bonchev–Trinajstić information content (AvgIpc) is 2.80. The molecule has 1 aliphatic heterocycles. The lowest BCUT2D eigenvalue weighted by Gasteiger charge is -2.28. The van der Waals surface area contributed by atoms with Gasteiger partial charge in [0, 0.05) is 37.2 Å². The smallest absolute Gasteiger partial charge is 0.150 e. The molecule has 1 N–H and O–H groups in total. The second-order valence-corrected chi connectivity index (χ2v) is 9.12. The Morgan fingerprint density at radius 2 is 1.94 bits per heavy atom. The van der Waals surface area contributed by atoms with Crippen LogP contribution in [-0.2, 0) is 4.79 Å². The van der Waals surface area contributed by atoms with Gasteiger partial charge in [-0.1, -0.05) is 55.8 Å². The Morgan fingerprint density at radius 1 is 1.15 bits per heavy atom. The predicted molar refractivity (Wildman–Crippen MR) is 133 cm³/mol. The topological polar surface area (TPSA) is 58.6 Å². The number of aldehydes is 2. The number of carbonyl (C=O) groups excluding carboxylic acids is 2. The molecule has 0 radical (unpaired) electrons. The van der Waals surface area contributed by atoms with E-state index < -0.39 is 0 Å². The highest BCUT2D eigenvalue weighted by Crippen LogP contribution is 2.33. The fourth-order valence-electron chi connectivity index (χ4n) is 4.08. The minimum Gasteiger partial charge on any atom is -0.457 e. The van der Waals surface area contributed by atoms with Crippen LogP contribution in [0.5, 0.6) is 11.5 Å². The van der Waals surface area contributed by atoms with Crippen molar-refractivity contribution in [3.05, 3.63) is 82.5 Å². The van der Waals surface area contributed by atoms with Crippen molar-refractivity contribution in [1.29, 1.82) is 0 Å². The van der Waals surface area contributed by atoms with E-state index in [1.807, 2.05) is 55.6 Å². The van der Waals surface area contributed by atoms with Crippen LogP contribution in [0.4, 0.5) is 0 Å². The van der Waals surface area contributed by atoms with E-state index in [-0.39, 0.29) is 12.0 Å². The number of halogens is 1. The number of benzene rings is 2. The highest BCUT2D eigenvalue weighted by atomic mass is 35.5. The van der Waals surface area contributed by atoms with Crippen LogP contribution in [0.15, 0.2) is 65.8 Å². The Morgan fingerprint density at radius 3 is 2.61 bits per heavy atom. The van der Waals surface area contributed by atoms with Gasteiger partial charge in [-0.25, -0.2) is 0 Å². The van der Waals surface area contributed by atoms with Gasteiger partial charge in [0.25, 0.3) is 0 Å².